The van der Waals surface area contributed by atoms with Crippen LogP contribution in [0.15, 0.2) is 30.5 Å². The second-order valence-electron chi connectivity index (χ2n) is 7.62. The molecule has 8 nitrogen and oxygen atoms in total. The summed E-state index contributed by atoms with van der Waals surface area (Å²) in [6.07, 6.45) is 3.68. The number of piperazine rings is 1. The molecule has 1 aliphatic heterocycles. The molecule has 0 unspecified atom stereocenters. The zero-order valence-electron chi connectivity index (χ0n) is 17.5. The van der Waals surface area contributed by atoms with Gasteiger partial charge >= 0.3 is 0 Å². The quantitative estimate of drug-likeness (QED) is 0.622. The highest BCUT2D eigenvalue weighted by Crippen LogP contribution is 2.29. The Hall–Kier alpha value is -2.52. The minimum Gasteiger partial charge on any atom is -0.369 e. The van der Waals surface area contributed by atoms with Crippen molar-refractivity contribution in [1.82, 2.24) is 14.3 Å². The summed E-state index contributed by atoms with van der Waals surface area (Å²) < 4.78 is 2.44. The van der Waals surface area contributed by atoms with Gasteiger partial charge in [0, 0.05) is 62.6 Å². The average Bonchev–Trinajstić information content (AvgIpc) is 3.58. The SMILES string of the molecule is CCSN1CCN(c2ccc(N(C)c3ncc(C(N)=O)c(NC4CC4)n3)cc2)CC1. The molecule has 0 radical (unpaired) electrons. The normalized spacial score (nSPS) is 17.1. The maximum absolute atomic E-state index is 11.7. The first-order valence-electron chi connectivity index (χ1n) is 10.4. The van der Waals surface area contributed by atoms with Crippen molar-refractivity contribution in [2.45, 2.75) is 25.8 Å². The molecule has 0 spiro atoms. The predicted molar refractivity (Wildman–Crippen MR) is 124 cm³/mol. The van der Waals surface area contributed by atoms with Crippen LogP contribution in [0.5, 0.6) is 0 Å². The van der Waals surface area contributed by atoms with Gasteiger partial charge in [0.2, 0.25) is 5.95 Å². The highest BCUT2D eigenvalue weighted by Gasteiger charge is 2.25. The highest BCUT2D eigenvalue weighted by molar-refractivity contribution is 7.96. The van der Waals surface area contributed by atoms with Gasteiger partial charge in [-0.1, -0.05) is 18.9 Å². The second-order valence-corrected chi connectivity index (χ2v) is 8.98. The summed E-state index contributed by atoms with van der Waals surface area (Å²) in [4.78, 5) is 25.0. The molecule has 30 heavy (non-hydrogen) atoms. The molecule has 2 fully saturated rings. The van der Waals surface area contributed by atoms with Gasteiger partial charge in [0.1, 0.15) is 5.82 Å². The Labute approximate surface area is 182 Å². The van der Waals surface area contributed by atoms with Gasteiger partial charge in [0.15, 0.2) is 0 Å². The van der Waals surface area contributed by atoms with Crippen LogP contribution in [0.1, 0.15) is 30.1 Å². The fraction of sp³-hybridized carbons (Fsp3) is 0.476. The molecule has 1 saturated heterocycles. The van der Waals surface area contributed by atoms with Crippen LogP contribution < -0.4 is 20.9 Å². The molecular formula is C21H29N7OS. The van der Waals surface area contributed by atoms with E-state index < -0.39 is 5.91 Å². The van der Waals surface area contributed by atoms with Crippen LogP contribution in [0, 0.1) is 0 Å². The van der Waals surface area contributed by atoms with Gasteiger partial charge in [-0.05, 0) is 37.1 Å². The van der Waals surface area contributed by atoms with E-state index in [9.17, 15) is 4.79 Å². The highest BCUT2D eigenvalue weighted by atomic mass is 32.2. The summed E-state index contributed by atoms with van der Waals surface area (Å²) in [7, 11) is 1.93. The molecule has 2 aliphatic rings. The number of amides is 1. The molecule has 1 aliphatic carbocycles. The van der Waals surface area contributed by atoms with Gasteiger partial charge < -0.3 is 20.9 Å². The van der Waals surface area contributed by atoms with Gasteiger partial charge in [-0.15, -0.1) is 0 Å². The first-order chi connectivity index (χ1) is 14.5. The number of nitrogens with one attached hydrogen (secondary N) is 1. The lowest BCUT2D eigenvalue weighted by molar-refractivity contribution is 0.100. The van der Waals surface area contributed by atoms with Gasteiger partial charge in [0.25, 0.3) is 5.91 Å². The second kappa shape index (κ2) is 9.09. The number of rotatable bonds is 8. The summed E-state index contributed by atoms with van der Waals surface area (Å²) >= 11 is 1.92. The number of hydrogen-bond donors (Lipinski definition) is 2. The third-order valence-electron chi connectivity index (χ3n) is 5.41. The van der Waals surface area contributed by atoms with Crippen LogP contribution in [-0.4, -0.2) is 65.2 Å². The molecule has 160 valence electrons. The molecule has 4 rings (SSSR count). The molecule has 9 heteroatoms. The van der Waals surface area contributed by atoms with Gasteiger partial charge in [0.05, 0.1) is 5.56 Å². The molecule has 2 aromatic rings. The lowest BCUT2D eigenvalue weighted by Crippen LogP contribution is -2.43. The molecule has 2 heterocycles. The number of hydrogen-bond acceptors (Lipinski definition) is 8. The number of nitrogens with two attached hydrogens (primary N) is 1. The predicted octanol–water partition coefficient (Wildman–Crippen LogP) is 2.71. The molecule has 0 atom stereocenters. The van der Waals surface area contributed by atoms with E-state index in [-0.39, 0.29) is 0 Å². The third-order valence-corrected chi connectivity index (χ3v) is 6.40. The molecule has 1 aromatic heterocycles. The largest absolute Gasteiger partial charge is 0.369 e. The Balaban J connectivity index is 1.46. The van der Waals surface area contributed by atoms with E-state index in [1.54, 1.807) is 0 Å². The van der Waals surface area contributed by atoms with Crippen molar-refractivity contribution in [1.29, 1.82) is 0 Å². The van der Waals surface area contributed by atoms with Gasteiger partial charge in [-0.2, -0.15) is 4.98 Å². The van der Waals surface area contributed by atoms with Gasteiger partial charge in [-0.3, -0.25) is 4.79 Å². The molecule has 1 amide bonds. The minimum absolute atomic E-state index is 0.328. The van der Waals surface area contributed by atoms with E-state index in [2.05, 4.69) is 55.7 Å². The van der Waals surface area contributed by atoms with Gasteiger partial charge in [-0.25, -0.2) is 9.29 Å². The van der Waals surface area contributed by atoms with Crippen molar-refractivity contribution in [3.05, 3.63) is 36.0 Å². The number of benzene rings is 1. The molecule has 3 N–H and O–H groups in total. The fourth-order valence-corrected chi connectivity index (χ4v) is 4.29. The number of nitrogens with zero attached hydrogens (tertiary/aromatic N) is 5. The maximum atomic E-state index is 11.7. The molecule has 0 bridgehead atoms. The van der Waals surface area contributed by atoms with E-state index >= 15 is 0 Å². The van der Waals surface area contributed by atoms with Crippen LogP contribution in [-0.2, 0) is 0 Å². The zero-order valence-corrected chi connectivity index (χ0v) is 18.4. The Kier molecular flexibility index (Phi) is 6.29. The van der Waals surface area contributed by atoms with Crippen LogP contribution in [0.3, 0.4) is 0 Å². The smallest absolute Gasteiger partial charge is 0.254 e. The van der Waals surface area contributed by atoms with E-state index in [1.807, 2.05) is 23.9 Å². The standard InChI is InChI=1S/C21H29N7OS/c1-3-30-28-12-10-27(11-13-28)17-8-6-16(7-9-17)26(2)21-23-14-18(19(22)29)20(25-21)24-15-4-5-15/h6-9,14-15H,3-5,10-13H2,1-2H3,(H2,22,29)(H,23,24,25). The number of aromatic nitrogens is 2. The third kappa shape index (κ3) is 4.79. The van der Waals surface area contributed by atoms with Crippen molar-refractivity contribution in [2.75, 3.05) is 54.1 Å². The van der Waals surface area contributed by atoms with Crippen LogP contribution in [0.25, 0.3) is 0 Å². The Morgan fingerprint density at radius 2 is 1.93 bits per heavy atom. The fourth-order valence-electron chi connectivity index (χ4n) is 3.51. The van der Waals surface area contributed by atoms with E-state index in [0.717, 1.165) is 50.5 Å². The lowest BCUT2D eigenvalue weighted by Gasteiger charge is -2.35. The molecule has 1 aromatic carbocycles. The zero-order chi connectivity index (χ0) is 21.1. The molecular weight excluding hydrogens is 398 g/mol. The summed E-state index contributed by atoms with van der Waals surface area (Å²) in [5, 5.41) is 3.29. The summed E-state index contributed by atoms with van der Waals surface area (Å²) in [5.41, 5.74) is 8.03. The Bertz CT molecular complexity index is 879. The Morgan fingerprint density at radius 3 is 2.53 bits per heavy atom. The number of carbonyl (C=O) groups excluding carboxylic acids is 1. The average molecular weight is 428 g/mol. The van der Waals surface area contributed by atoms with Crippen molar-refractivity contribution in [3.8, 4) is 0 Å². The van der Waals surface area contributed by atoms with E-state index in [1.165, 1.54) is 11.9 Å². The van der Waals surface area contributed by atoms with E-state index in [4.69, 9.17) is 5.73 Å². The number of primary amides is 1. The van der Waals surface area contributed by atoms with Crippen LogP contribution in [0.4, 0.5) is 23.1 Å². The first-order valence-corrected chi connectivity index (χ1v) is 11.4. The van der Waals surface area contributed by atoms with Crippen molar-refractivity contribution < 1.29 is 4.79 Å². The number of anilines is 4. The summed E-state index contributed by atoms with van der Waals surface area (Å²) in [6, 6.07) is 8.83. The monoisotopic (exact) mass is 427 g/mol. The molecule has 1 saturated carbocycles. The lowest BCUT2D eigenvalue weighted by atomic mass is 10.2. The maximum Gasteiger partial charge on any atom is 0.254 e. The summed E-state index contributed by atoms with van der Waals surface area (Å²) in [5.74, 6) is 1.65. The van der Waals surface area contributed by atoms with E-state index in [0.29, 0.717) is 23.4 Å². The number of carbonyl (C=O) groups is 1. The van der Waals surface area contributed by atoms with Crippen LogP contribution >= 0.6 is 11.9 Å². The van der Waals surface area contributed by atoms with Crippen molar-refractivity contribution >= 4 is 41.0 Å². The minimum atomic E-state index is -0.519. The van der Waals surface area contributed by atoms with Crippen molar-refractivity contribution in [2.24, 2.45) is 5.73 Å². The van der Waals surface area contributed by atoms with Crippen molar-refractivity contribution in [3.63, 3.8) is 0 Å². The topological polar surface area (TPSA) is 90.6 Å². The van der Waals surface area contributed by atoms with Crippen LogP contribution in [0.2, 0.25) is 0 Å². The Morgan fingerprint density at radius 1 is 1.23 bits per heavy atom. The summed E-state index contributed by atoms with van der Waals surface area (Å²) in [6.45, 7) is 6.43. The first kappa shape index (κ1) is 20.7.